The molecule has 408 valence electrons. The fourth-order valence-electron chi connectivity index (χ4n) is 8.78. The Morgan fingerprint density at radius 2 is 0.743 bits per heavy atom. The molecule has 6 heterocycles. The summed E-state index contributed by atoms with van der Waals surface area (Å²) in [5.74, 6) is -0.763. The summed E-state index contributed by atoms with van der Waals surface area (Å²) in [6.45, 7) is -4.70. The summed E-state index contributed by atoms with van der Waals surface area (Å²) < 4.78 is 62.0. The third-order valence-corrected chi connectivity index (χ3v) is 12.8. The number of carbonyl (C=O) groups excluding carboxylic acids is 1. The molecule has 32 heteroatoms. The van der Waals surface area contributed by atoms with Gasteiger partial charge in [0.05, 0.1) is 39.6 Å². The first-order valence-corrected chi connectivity index (χ1v) is 22.1. The second-order valence-corrected chi connectivity index (χ2v) is 17.5. The third kappa shape index (κ3) is 12.0. The molecule has 0 bridgehead atoms. The lowest BCUT2D eigenvalue weighted by atomic mass is 9.95. The molecule has 30 atom stereocenters. The molecule has 0 aromatic heterocycles. The van der Waals surface area contributed by atoms with Crippen molar-refractivity contribution in [2.24, 2.45) is 0 Å². The van der Waals surface area contributed by atoms with E-state index in [4.69, 9.17) is 52.1 Å². The van der Waals surface area contributed by atoms with E-state index in [1.807, 2.05) is 0 Å². The van der Waals surface area contributed by atoms with Crippen LogP contribution in [0.5, 0.6) is 0 Å². The lowest BCUT2D eigenvalue weighted by molar-refractivity contribution is -0.397. The van der Waals surface area contributed by atoms with E-state index in [-0.39, 0.29) is 0 Å². The number of hydrogen-bond donors (Lipinski definition) is 20. The van der Waals surface area contributed by atoms with E-state index in [1.165, 1.54) is 0 Å². The van der Waals surface area contributed by atoms with Crippen molar-refractivity contribution in [3.63, 3.8) is 0 Å². The highest BCUT2D eigenvalue weighted by molar-refractivity contribution is 5.73. The average molecular weight is 1030 g/mol. The maximum atomic E-state index is 12.0. The van der Waals surface area contributed by atoms with Gasteiger partial charge in [0.15, 0.2) is 37.7 Å². The van der Waals surface area contributed by atoms with Crippen LogP contribution < -0.4 is 5.32 Å². The molecule has 0 aromatic carbocycles. The summed E-state index contributed by atoms with van der Waals surface area (Å²) in [6, 6.07) is -1.63. The fourth-order valence-corrected chi connectivity index (χ4v) is 8.78. The minimum absolute atomic E-state index is 0.763. The van der Waals surface area contributed by atoms with E-state index in [1.54, 1.807) is 0 Å². The molecule has 6 fully saturated rings. The molecule has 6 aliphatic heterocycles. The molecule has 6 rings (SSSR count). The molecular weight excluding hydrogens is 966 g/mol. The molecule has 20 N–H and O–H groups in total. The quantitative estimate of drug-likeness (QED) is 0.0643. The number of aliphatic hydroxyl groups is 19. The summed E-state index contributed by atoms with van der Waals surface area (Å²) in [5, 5.41) is 204. The van der Waals surface area contributed by atoms with Gasteiger partial charge in [-0.15, -0.1) is 0 Å². The van der Waals surface area contributed by atoms with Crippen molar-refractivity contribution < 1.29 is 154 Å². The first kappa shape index (κ1) is 57.5. The molecule has 0 spiro atoms. The van der Waals surface area contributed by atoms with Crippen molar-refractivity contribution >= 4 is 5.91 Å². The van der Waals surface area contributed by atoms with Gasteiger partial charge in [0.2, 0.25) is 5.91 Å². The van der Waals surface area contributed by atoms with Gasteiger partial charge in [0, 0.05) is 6.92 Å². The second-order valence-electron chi connectivity index (χ2n) is 17.5. The number of nitrogens with one attached hydrogen (secondary N) is 1. The molecule has 6 saturated heterocycles. The van der Waals surface area contributed by atoms with Crippen molar-refractivity contribution in [2.75, 3.05) is 39.6 Å². The molecule has 0 aromatic rings. The minimum Gasteiger partial charge on any atom is -0.394 e. The zero-order valence-electron chi connectivity index (χ0n) is 37.0. The zero-order valence-corrected chi connectivity index (χ0v) is 37.0. The highest BCUT2D eigenvalue weighted by atomic mass is 16.8. The summed E-state index contributed by atoms with van der Waals surface area (Å²) in [5.41, 5.74) is 0. The molecule has 70 heavy (non-hydrogen) atoms. The van der Waals surface area contributed by atoms with Crippen molar-refractivity contribution in [2.45, 2.75) is 191 Å². The molecule has 1 amide bonds. The molecular formula is C38H65NO31. The number of aliphatic hydroxyl groups excluding tert-OH is 19. The Balaban J connectivity index is 1.29. The van der Waals surface area contributed by atoms with Crippen LogP contribution in [0.4, 0.5) is 0 Å². The van der Waals surface area contributed by atoms with Gasteiger partial charge in [0.25, 0.3) is 0 Å². The Bertz CT molecular complexity index is 1630. The van der Waals surface area contributed by atoms with Gasteiger partial charge in [-0.1, -0.05) is 0 Å². The molecule has 30 unspecified atom stereocenters. The van der Waals surface area contributed by atoms with Crippen LogP contribution in [0.1, 0.15) is 6.92 Å². The van der Waals surface area contributed by atoms with Crippen LogP contribution in [0.3, 0.4) is 0 Å². The SMILES string of the molecule is CC(=O)NC1C(O)OC(CO)C(OC2OC(COC3OC(CO)C(O)C(OC4OC(CO)C(O)C(O)C4O)C3O)C(O)C(OC3OC(CO)C(O)C(O)C3OC3OC(CO)C(O)C(O)C3O)C2O)C1O. The van der Waals surface area contributed by atoms with Gasteiger partial charge in [-0.2, -0.15) is 0 Å². The Labute approximate surface area is 395 Å². The minimum atomic E-state index is -2.29. The van der Waals surface area contributed by atoms with Crippen molar-refractivity contribution in [3.8, 4) is 0 Å². The predicted molar refractivity (Wildman–Crippen MR) is 211 cm³/mol. The predicted octanol–water partition coefficient (Wildman–Crippen LogP) is -14.0. The van der Waals surface area contributed by atoms with Crippen LogP contribution in [0.2, 0.25) is 0 Å². The van der Waals surface area contributed by atoms with Crippen molar-refractivity contribution in [1.29, 1.82) is 0 Å². The maximum Gasteiger partial charge on any atom is 0.217 e. The van der Waals surface area contributed by atoms with Crippen LogP contribution in [0, 0.1) is 0 Å². The van der Waals surface area contributed by atoms with Crippen LogP contribution in [0.15, 0.2) is 0 Å². The molecule has 6 aliphatic rings. The third-order valence-electron chi connectivity index (χ3n) is 12.8. The van der Waals surface area contributed by atoms with E-state index in [2.05, 4.69) is 5.32 Å². The first-order valence-electron chi connectivity index (χ1n) is 22.1. The second kappa shape index (κ2) is 24.7. The van der Waals surface area contributed by atoms with Crippen LogP contribution in [-0.2, 0) is 56.9 Å². The number of amides is 1. The number of carbonyl (C=O) groups is 1. The summed E-state index contributed by atoms with van der Waals surface area (Å²) in [7, 11) is 0. The molecule has 0 radical (unpaired) electrons. The lowest BCUT2D eigenvalue weighted by Gasteiger charge is -2.50. The standard InChI is InChI=1S/C38H65NO31/c1-8(45)39-15-21(51)29(13(6-44)61-33(15)59)67-37-28(58)31(69-38-32(24(54)18(48)11(4-42)65-38)70-36-26(56)23(53)17(47)10(3-41)64-36)20(50)14(66-37)7-60-34-27(57)30(19(49)12(5-43)62-34)68-35-25(55)22(52)16(46)9(2-40)63-35/h9-38,40-44,46-59H,2-7H2,1H3,(H,39,45). The van der Waals surface area contributed by atoms with Gasteiger partial charge < -0.3 is 154 Å². The van der Waals surface area contributed by atoms with E-state index in [0.29, 0.717) is 0 Å². The molecule has 0 aliphatic carbocycles. The molecule has 32 nitrogen and oxygen atoms in total. The Morgan fingerprint density at radius 3 is 1.24 bits per heavy atom. The van der Waals surface area contributed by atoms with Gasteiger partial charge >= 0.3 is 0 Å². The normalized spacial score (nSPS) is 51.5. The van der Waals surface area contributed by atoms with Crippen LogP contribution in [0.25, 0.3) is 0 Å². The van der Waals surface area contributed by atoms with Gasteiger partial charge in [-0.05, 0) is 0 Å². The molecule has 0 saturated carbocycles. The smallest absolute Gasteiger partial charge is 0.217 e. The zero-order chi connectivity index (χ0) is 51.6. The van der Waals surface area contributed by atoms with Gasteiger partial charge in [0.1, 0.15) is 146 Å². The average Bonchev–Trinajstić information content (AvgIpc) is 3.33. The number of hydrogen-bond acceptors (Lipinski definition) is 31. The maximum absolute atomic E-state index is 12.0. The Kier molecular flexibility index (Phi) is 20.3. The van der Waals surface area contributed by atoms with Crippen LogP contribution in [-0.4, -0.2) is 327 Å². The Hall–Kier alpha value is -1.73. The van der Waals surface area contributed by atoms with E-state index in [0.717, 1.165) is 6.92 Å². The highest BCUT2D eigenvalue weighted by Gasteiger charge is 2.57. The van der Waals surface area contributed by atoms with E-state index >= 15 is 0 Å². The lowest BCUT2D eigenvalue weighted by Crippen LogP contribution is -2.69. The monoisotopic (exact) mass is 1030 g/mol. The number of ether oxygens (including phenoxy) is 11. The van der Waals surface area contributed by atoms with Crippen molar-refractivity contribution in [3.05, 3.63) is 0 Å². The largest absolute Gasteiger partial charge is 0.394 e. The summed E-state index contributed by atoms with van der Waals surface area (Å²) in [6.07, 6.45) is -56.5. The Morgan fingerprint density at radius 1 is 0.371 bits per heavy atom. The van der Waals surface area contributed by atoms with Crippen LogP contribution >= 0.6 is 0 Å². The summed E-state index contributed by atoms with van der Waals surface area (Å²) in [4.78, 5) is 12.0. The van der Waals surface area contributed by atoms with E-state index in [9.17, 15) is 102 Å². The van der Waals surface area contributed by atoms with E-state index < -0.39 is 230 Å². The first-order chi connectivity index (χ1) is 33.1. The fraction of sp³-hybridized carbons (Fsp3) is 0.974. The van der Waals surface area contributed by atoms with Gasteiger partial charge in [-0.3, -0.25) is 4.79 Å². The van der Waals surface area contributed by atoms with Gasteiger partial charge in [-0.25, -0.2) is 0 Å². The number of rotatable bonds is 17. The topological polar surface area (TPSA) is 515 Å². The summed E-state index contributed by atoms with van der Waals surface area (Å²) >= 11 is 0. The highest BCUT2D eigenvalue weighted by Crippen LogP contribution is 2.36. The van der Waals surface area contributed by atoms with Crippen molar-refractivity contribution in [1.82, 2.24) is 5.32 Å².